The highest BCUT2D eigenvalue weighted by Crippen LogP contribution is 2.16. The van der Waals surface area contributed by atoms with Crippen LogP contribution in [0, 0.1) is 5.82 Å². The van der Waals surface area contributed by atoms with Crippen molar-refractivity contribution in [2.75, 3.05) is 6.61 Å². The highest BCUT2D eigenvalue weighted by molar-refractivity contribution is 5.31. The lowest BCUT2D eigenvalue weighted by atomic mass is 10.1. The second-order valence-electron chi connectivity index (χ2n) is 4.30. The van der Waals surface area contributed by atoms with Crippen molar-refractivity contribution in [2.45, 2.75) is 19.8 Å². The maximum atomic E-state index is 13.1. The van der Waals surface area contributed by atoms with Crippen molar-refractivity contribution < 1.29 is 9.13 Å². The fourth-order valence-corrected chi connectivity index (χ4v) is 1.81. The van der Waals surface area contributed by atoms with Crippen molar-refractivity contribution in [3.63, 3.8) is 0 Å². The largest absolute Gasteiger partial charge is 0.494 e. The molecule has 0 aliphatic rings. The SMILES string of the molecule is CCCOc1ccc(Cc2cccc(F)c2)cc1. The third kappa shape index (κ3) is 3.59. The highest BCUT2D eigenvalue weighted by atomic mass is 19.1. The van der Waals surface area contributed by atoms with Crippen molar-refractivity contribution >= 4 is 0 Å². The van der Waals surface area contributed by atoms with E-state index >= 15 is 0 Å². The van der Waals surface area contributed by atoms with E-state index in [1.54, 1.807) is 12.1 Å². The molecule has 0 bridgehead atoms. The Labute approximate surface area is 107 Å². The Morgan fingerprint density at radius 1 is 1.00 bits per heavy atom. The summed E-state index contributed by atoms with van der Waals surface area (Å²) in [6, 6.07) is 14.7. The van der Waals surface area contributed by atoms with Gasteiger partial charge in [-0.2, -0.15) is 0 Å². The molecule has 0 radical (unpaired) electrons. The molecule has 94 valence electrons. The minimum absolute atomic E-state index is 0.185. The predicted molar refractivity (Wildman–Crippen MR) is 71.4 cm³/mol. The van der Waals surface area contributed by atoms with E-state index in [9.17, 15) is 4.39 Å². The Morgan fingerprint density at radius 3 is 2.44 bits per heavy atom. The summed E-state index contributed by atoms with van der Waals surface area (Å²) in [5.41, 5.74) is 2.14. The van der Waals surface area contributed by atoms with Crippen LogP contribution >= 0.6 is 0 Å². The molecule has 0 saturated heterocycles. The molecule has 0 aliphatic heterocycles. The van der Waals surface area contributed by atoms with Crippen LogP contribution in [0.15, 0.2) is 48.5 Å². The molecule has 0 unspecified atom stereocenters. The lowest BCUT2D eigenvalue weighted by Gasteiger charge is -2.06. The van der Waals surface area contributed by atoms with Crippen LogP contribution in [-0.2, 0) is 6.42 Å². The summed E-state index contributed by atoms with van der Waals surface area (Å²) in [6.07, 6.45) is 1.75. The number of halogens is 1. The maximum Gasteiger partial charge on any atom is 0.123 e. The van der Waals surface area contributed by atoms with Gasteiger partial charge in [0.05, 0.1) is 6.61 Å². The second-order valence-corrected chi connectivity index (χ2v) is 4.30. The molecule has 18 heavy (non-hydrogen) atoms. The normalized spacial score (nSPS) is 10.3. The van der Waals surface area contributed by atoms with Crippen molar-refractivity contribution in [1.82, 2.24) is 0 Å². The van der Waals surface area contributed by atoms with Crippen molar-refractivity contribution in [3.8, 4) is 5.75 Å². The number of ether oxygens (including phenoxy) is 1. The summed E-state index contributed by atoms with van der Waals surface area (Å²) in [5, 5.41) is 0. The first-order valence-corrected chi connectivity index (χ1v) is 6.24. The second kappa shape index (κ2) is 6.20. The smallest absolute Gasteiger partial charge is 0.123 e. The molecular weight excluding hydrogens is 227 g/mol. The molecule has 0 spiro atoms. The van der Waals surface area contributed by atoms with E-state index in [0.717, 1.165) is 36.3 Å². The van der Waals surface area contributed by atoms with Gasteiger partial charge in [-0.1, -0.05) is 31.2 Å². The molecule has 0 atom stereocenters. The van der Waals surface area contributed by atoms with Gasteiger partial charge in [-0.3, -0.25) is 0 Å². The summed E-state index contributed by atoms with van der Waals surface area (Å²) < 4.78 is 18.6. The van der Waals surface area contributed by atoms with E-state index in [0.29, 0.717) is 0 Å². The lowest BCUT2D eigenvalue weighted by molar-refractivity contribution is 0.317. The third-order valence-corrected chi connectivity index (χ3v) is 2.69. The molecule has 0 amide bonds. The van der Waals surface area contributed by atoms with Crippen LogP contribution in [0.25, 0.3) is 0 Å². The van der Waals surface area contributed by atoms with Gasteiger partial charge in [0.25, 0.3) is 0 Å². The molecule has 0 heterocycles. The third-order valence-electron chi connectivity index (χ3n) is 2.69. The van der Waals surface area contributed by atoms with Gasteiger partial charge in [0.1, 0.15) is 11.6 Å². The first-order valence-electron chi connectivity index (χ1n) is 6.24. The van der Waals surface area contributed by atoms with Crippen LogP contribution < -0.4 is 4.74 Å². The molecule has 0 fully saturated rings. The zero-order valence-electron chi connectivity index (χ0n) is 10.5. The van der Waals surface area contributed by atoms with Crippen LogP contribution in [0.5, 0.6) is 5.75 Å². The van der Waals surface area contributed by atoms with Gasteiger partial charge in [-0.05, 0) is 48.2 Å². The van der Waals surface area contributed by atoms with E-state index in [2.05, 4.69) is 6.92 Å². The molecule has 2 rings (SSSR count). The monoisotopic (exact) mass is 244 g/mol. The standard InChI is InChI=1S/C16H17FO/c1-2-10-18-16-8-6-13(7-9-16)11-14-4-3-5-15(17)12-14/h3-9,12H,2,10-11H2,1H3. The summed E-state index contributed by atoms with van der Waals surface area (Å²) in [6.45, 7) is 2.82. The van der Waals surface area contributed by atoms with Crippen molar-refractivity contribution in [3.05, 3.63) is 65.5 Å². The van der Waals surface area contributed by atoms with Crippen LogP contribution in [0.3, 0.4) is 0 Å². The molecule has 2 heteroatoms. The zero-order valence-corrected chi connectivity index (χ0v) is 10.5. The molecule has 2 aromatic rings. The molecule has 0 aliphatic carbocycles. The number of hydrogen-bond donors (Lipinski definition) is 0. The molecule has 1 nitrogen and oxygen atoms in total. The predicted octanol–water partition coefficient (Wildman–Crippen LogP) is 4.21. The summed E-state index contributed by atoms with van der Waals surface area (Å²) >= 11 is 0. The number of hydrogen-bond acceptors (Lipinski definition) is 1. The van der Waals surface area contributed by atoms with Crippen LogP contribution in [0.2, 0.25) is 0 Å². The highest BCUT2D eigenvalue weighted by Gasteiger charge is 1.99. The average molecular weight is 244 g/mol. The van der Waals surface area contributed by atoms with Gasteiger partial charge in [-0.25, -0.2) is 4.39 Å². The Kier molecular flexibility index (Phi) is 4.35. The molecule has 0 aromatic heterocycles. The van der Waals surface area contributed by atoms with Gasteiger partial charge in [0, 0.05) is 0 Å². The first-order chi connectivity index (χ1) is 8.78. The van der Waals surface area contributed by atoms with Gasteiger partial charge in [-0.15, -0.1) is 0 Å². The summed E-state index contributed by atoms with van der Waals surface area (Å²) in [4.78, 5) is 0. The molecule has 0 N–H and O–H groups in total. The lowest BCUT2D eigenvalue weighted by Crippen LogP contribution is -1.95. The van der Waals surface area contributed by atoms with Crippen LogP contribution in [0.4, 0.5) is 4.39 Å². The van der Waals surface area contributed by atoms with E-state index in [-0.39, 0.29) is 5.82 Å². The summed E-state index contributed by atoms with van der Waals surface area (Å²) in [7, 11) is 0. The van der Waals surface area contributed by atoms with Crippen LogP contribution in [-0.4, -0.2) is 6.61 Å². The van der Waals surface area contributed by atoms with E-state index < -0.39 is 0 Å². The van der Waals surface area contributed by atoms with E-state index in [4.69, 9.17) is 4.74 Å². The summed E-state index contributed by atoms with van der Waals surface area (Å²) in [5.74, 6) is 0.704. The van der Waals surface area contributed by atoms with Gasteiger partial charge in [0.2, 0.25) is 0 Å². The average Bonchev–Trinajstić information content (AvgIpc) is 2.38. The maximum absolute atomic E-state index is 13.1. The number of rotatable bonds is 5. The van der Waals surface area contributed by atoms with Gasteiger partial charge >= 0.3 is 0 Å². The first kappa shape index (κ1) is 12.6. The van der Waals surface area contributed by atoms with E-state index in [1.807, 2.05) is 30.3 Å². The minimum atomic E-state index is -0.185. The fraction of sp³-hybridized carbons (Fsp3) is 0.250. The Morgan fingerprint density at radius 2 is 1.78 bits per heavy atom. The van der Waals surface area contributed by atoms with Crippen molar-refractivity contribution in [1.29, 1.82) is 0 Å². The topological polar surface area (TPSA) is 9.23 Å². The Bertz CT molecular complexity index is 491. The van der Waals surface area contributed by atoms with Crippen molar-refractivity contribution in [2.24, 2.45) is 0 Å². The fourth-order valence-electron chi connectivity index (χ4n) is 1.81. The number of benzene rings is 2. The van der Waals surface area contributed by atoms with Gasteiger partial charge in [0.15, 0.2) is 0 Å². The molecule has 0 saturated carbocycles. The zero-order chi connectivity index (χ0) is 12.8. The Hall–Kier alpha value is -1.83. The molecule has 2 aromatic carbocycles. The van der Waals surface area contributed by atoms with Crippen LogP contribution in [0.1, 0.15) is 24.5 Å². The van der Waals surface area contributed by atoms with E-state index in [1.165, 1.54) is 6.07 Å². The quantitative estimate of drug-likeness (QED) is 0.765. The van der Waals surface area contributed by atoms with Gasteiger partial charge < -0.3 is 4.74 Å². The molecular formula is C16H17FO. The minimum Gasteiger partial charge on any atom is -0.494 e. The Balaban J connectivity index is 2.02.